The number of hydrazine groups is 1. The molecular formula is C15H21N3OS. The number of aromatic nitrogens is 1. The van der Waals surface area contributed by atoms with E-state index in [1.54, 1.807) is 18.4 Å². The van der Waals surface area contributed by atoms with Crippen LogP contribution in [0, 0.1) is 0 Å². The second-order valence-corrected chi connectivity index (χ2v) is 5.59. The summed E-state index contributed by atoms with van der Waals surface area (Å²) in [5, 5.41) is 3.16. The fourth-order valence-electron chi connectivity index (χ4n) is 2.25. The molecule has 0 aliphatic heterocycles. The van der Waals surface area contributed by atoms with Crippen molar-refractivity contribution in [1.29, 1.82) is 0 Å². The highest BCUT2D eigenvalue weighted by Gasteiger charge is 2.20. The van der Waals surface area contributed by atoms with Gasteiger partial charge < -0.3 is 4.74 Å². The second kappa shape index (κ2) is 7.50. The van der Waals surface area contributed by atoms with Crippen LogP contribution in [-0.4, -0.2) is 24.2 Å². The highest BCUT2D eigenvalue weighted by molar-refractivity contribution is 7.09. The Kier molecular flexibility index (Phi) is 5.67. The highest BCUT2D eigenvalue weighted by atomic mass is 32.1. The van der Waals surface area contributed by atoms with Crippen LogP contribution in [-0.2, 0) is 11.2 Å². The van der Waals surface area contributed by atoms with Gasteiger partial charge in [-0.1, -0.05) is 37.3 Å². The summed E-state index contributed by atoms with van der Waals surface area (Å²) in [7, 11) is 1.72. The van der Waals surface area contributed by atoms with E-state index in [2.05, 4.69) is 34.8 Å². The summed E-state index contributed by atoms with van der Waals surface area (Å²) in [6, 6.07) is 10.3. The zero-order valence-electron chi connectivity index (χ0n) is 11.9. The third-order valence-electron chi connectivity index (χ3n) is 3.38. The Bertz CT molecular complexity index is 511. The molecule has 0 amide bonds. The first-order valence-corrected chi connectivity index (χ1v) is 7.65. The van der Waals surface area contributed by atoms with Crippen LogP contribution >= 0.6 is 11.3 Å². The average Bonchev–Trinajstić information content (AvgIpc) is 2.97. The van der Waals surface area contributed by atoms with Gasteiger partial charge >= 0.3 is 0 Å². The fraction of sp³-hybridized carbons (Fsp3) is 0.400. The predicted octanol–water partition coefficient (Wildman–Crippen LogP) is 2.61. The van der Waals surface area contributed by atoms with Gasteiger partial charge in [-0.3, -0.25) is 11.3 Å². The molecule has 108 valence electrons. The number of nitrogens with zero attached hydrogens (tertiary/aromatic N) is 1. The molecule has 2 rings (SSSR count). The Morgan fingerprint density at radius 3 is 2.70 bits per heavy atom. The van der Waals surface area contributed by atoms with Crippen LogP contribution in [0.4, 0.5) is 0 Å². The van der Waals surface area contributed by atoms with Gasteiger partial charge in [-0.25, -0.2) is 4.98 Å². The molecule has 1 aromatic heterocycles. The van der Waals surface area contributed by atoms with Crippen molar-refractivity contribution in [3.63, 3.8) is 0 Å². The monoisotopic (exact) mass is 291 g/mol. The molecule has 1 aromatic carbocycles. The summed E-state index contributed by atoms with van der Waals surface area (Å²) < 4.78 is 5.45. The lowest BCUT2D eigenvalue weighted by molar-refractivity contribution is 0.0653. The standard InChI is InChI=1S/C15H21N3OS/c1-3-14(19-2)12(18-16)9-15-17-13(10-20-15)11-7-5-4-6-8-11/h4-8,10,12,14,18H,3,9,16H2,1-2H3. The van der Waals surface area contributed by atoms with Crippen LogP contribution in [0.5, 0.6) is 0 Å². The first-order valence-electron chi connectivity index (χ1n) is 6.77. The van der Waals surface area contributed by atoms with Crippen LogP contribution in [0.15, 0.2) is 35.7 Å². The van der Waals surface area contributed by atoms with Crippen molar-refractivity contribution in [2.75, 3.05) is 7.11 Å². The second-order valence-electron chi connectivity index (χ2n) is 4.65. The first kappa shape index (κ1) is 15.1. The smallest absolute Gasteiger partial charge is 0.0949 e. The maximum absolute atomic E-state index is 5.64. The SMILES string of the molecule is CCC(OC)C(Cc1nc(-c2ccccc2)cs1)NN. The summed E-state index contributed by atoms with van der Waals surface area (Å²) in [6.45, 7) is 2.09. The van der Waals surface area contributed by atoms with Gasteiger partial charge in [-0.2, -0.15) is 0 Å². The molecule has 2 unspecified atom stereocenters. The molecule has 20 heavy (non-hydrogen) atoms. The van der Waals surface area contributed by atoms with Crippen LogP contribution < -0.4 is 11.3 Å². The average molecular weight is 291 g/mol. The topological polar surface area (TPSA) is 60.2 Å². The molecule has 0 bridgehead atoms. The Balaban J connectivity index is 2.09. The maximum atomic E-state index is 5.64. The van der Waals surface area contributed by atoms with E-state index in [1.807, 2.05) is 18.2 Å². The van der Waals surface area contributed by atoms with Crippen molar-refractivity contribution in [1.82, 2.24) is 10.4 Å². The number of thiazole rings is 1. The van der Waals surface area contributed by atoms with Crippen LogP contribution in [0.1, 0.15) is 18.4 Å². The van der Waals surface area contributed by atoms with E-state index >= 15 is 0 Å². The summed E-state index contributed by atoms with van der Waals surface area (Å²) in [4.78, 5) is 4.69. The number of nitrogens with two attached hydrogens (primary N) is 1. The van der Waals surface area contributed by atoms with Crippen LogP contribution in [0.2, 0.25) is 0 Å². The van der Waals surface area contributed by atoms with E-state index in [-0.39, 0.29) is 12.1 Å². The molecule has 0 saturated carbocycles. The third kappa shape index (κ3) is 3.64. The predicted molar refractivity (Wildman–Crippen MR) is 83.5 cm³/mol. The van der Waals surface area contributed by atoms with Gasteiger partial charge in [-0.15, -0.1) is 11.3 Å². The largest absolute Gasteiger partial charge is 0.380 e. The number of nitrogens with one attached hydrogen (secondary N) is 1. The van der Waals surface area contributed by atoms with E-state index in [0.29, 0.717) is 0 Å². The zero-order chi connectivity index (χ0) is 14.4. The van der Waals surface area contributed by atoms with E-state index in [0.717, 1.165) is 29.1 Å². The van der Waals surface area contributed by atoms with Crippen LogP contribution in [0.3, 0.4) is 0 Å². The van der Waals surface area contributed by atoms with Crippen LogP contribution in [0.25, 0.3) is 11.3 Å². The van der Waals surface area contributed by atoms with Gasteiger partial charge in [0.15, 0.2) is 0 Å². The van der Waals surface area contributed by atoms with Gasteiger partial charge in [0, 0.05) is 24.5 Å². The number of hydrogen-bond donors (Lipinski definition) is 2. The number of hydrogen-bond acceptors (Lipinski definition) is 5. The number of benzene rings is 1. The molecule has 0 aliphatic carbocycles. The van der Waals surface area contributed by atoms with Crippen molar-refractivity contribution in [2.45, 2.75) is 31.9 Å². The normalized spacial score (nSPS) is 14.2. The van der Waals surface area contributed by atoms with E-state index < -0.39 is 0 Å². The minimum absolute atomic E-state index is 0.0831. The molecular weight excluding hydrogens is 270 g/mol. The molecule has 0 saturated heterocycles. The fourth-order valence-corrected chi connectivity index (χ4v) is 3.11. The summed E-state index contributed by atoms with van der Waals surface area (Å²) in [5.41, 5.74) is 5.01. The minimum Gasteiger partial charge on any atom is -0.380 e. The number of ether oxygens (including phenoxy) is 1. The van der Waals surface area contributed by atoms with E-state index in [1.165, 1.54) is 0 Å². The van der Waals surface area contributed by atoms with Gasteiger partial charge in [0.25, 0.3) is 0 Å². The Hall–Kier alpha value is -1.27. The van der Waals surface area contributed by atoms with Gasteiger partial charge in [0.05, 0.1) is 22.8 Å². The first-order chi connectivity index (χ1) is 9.78. The summed E-state index contributed by atoms with van der Waals surface area (Å²) in [5.74, 6) is 5.64. The van der Waals surface area contributed by atoms with E-state index in [4.69, 9.17) is 10.6 Å². The van der Waals surface area contributed by atoms with Gasteiger partial charge in [0.2, 0.25) is 0 Å². The number of rotatable bonds is 7. The molecule has 0 spiro atoms. The Labute approximate surface area is 124 Å². The zero-order valence-corrected chi connectivity index (χ0v) is 12.7. The number of methoxy groups -OCH3 is 1. The minimum atomic E-state index is 0.0831. The van der Waals surface area contributed by atoms with Crippen molar-refractivity contribution < 1.29 is 4.74 Å². The lowest BCUT2D eigenvalue weighted by atomic mass is 10.1. The molecule has 3 N–H and O–H groups in total. The molecule has 2 aromatic rings. The molecule has 0 aliphatic rings. The van der Waals surface area contributed by atoms with E-state index in [9.17, 15) is 0 Å². The summed E-state index contributed by atoms with van der Waals surface area (Å²) >= 11 is 1.66. The molecule has 0 fully saturated rings. The maximum Gasteiger partial charge on any atom is 0.0949 e. The molecule has 1 heterocycles. The quantitative estimate of drug-likeness (QED) is 0.608. The molecule has 2 atom stereocenters. The molecule has 0 radical (unpaired) electrons. The van der Waals surface area contributed by atoms with Crippen molar-refractivity contribution in [3.05, 3.63) is 40.7 Å². The highest BCUT2D eigenvalue weighted by Crippen LogP contribution is 2.23. The van der Waals surface area contributed by atoms with Crippen molar-refractivity contribution in [3.8, 4) is 11.3 Å². The lowest BCUT2D eigenvalue weighted by Crippen LogP contribution is -2.46. The molecule has 5 heteroatoms. The van der Waals surface area contributed by atoms with Gasteiger partial charge in [-0.05, 0) is 6.42 Å². The molecule has 4 nitrogen and oxygen atoms in total. The van der Waals surface area contributed by atoms with Crippen molar-refractivity contribution >= 4 is 11.3 Å². The lowest BCUT2D eigenvalue weighted by Gasteiger charge is -2.23. The van der Waals surface area contributed by atoms with Crippen molar-refractivity contribution in [2.24, 2.45) is 5.84 Å². The third-order valence-corrected chi connectivity index (χ3v) is 4.25. The summed E-state index contributed by atoms with van der Waals surface area (Å²) in [6.07, 6.45) is 1.80. The Morgan fingerprint density at radius 1 is 1.35 bits per heavy atom. The van der Waals surface area contributed by atoms with Gasteiger partial charge in [0.1, 0.15) is 0 Å². The Morgan fingerprint density at radius 2 is 2.10 bits per heavy atom.